The molecule has 0 radical (unpaired) electrons. The van der Waals surface area contributed by atoms with Gasteiger partial charge in [0.2, 0.25) is 0 Å². The van der Waals surface area contributed by atoms with Gasteiger partial charge in [0.25, 0.3) is 0 Å². The van der Waals surface area contributed by atoms with Crippen LogP contribution in [-0.4, -0.2) is 44.7 Å². The van der Waals surface area contributed by atoms with Crippen LogP contribution in [0.2, 0.25) is 0 Å². The Bertz CT molecular complexity index is 1100. The quantitative estimate of drug-likeness (QED) is 0.547. The van der Waals surface area contributed by atoms with Crippen LogP contribution >= 0.6 is 0 Å². The first-order valence-corrected chi connectivity index (χ1v) is 10.9. The predicted molar refractivity (Wildman–Crippen MR) is 119 cm³/mol. The lowest BCUT2D eigenvalue weighted by molar-refractivity contribution is -0.144. The zero-order chi connectivity index (χ0) is 22.7. The van der Waals surface area contributed by atoms with Crippen molar-refractivity contribution in [3.63, 3.8) is 0 Å². The van der Waals surface area contributed by atoms with Gasteiger partial charge in [-0.15, -0.1) is 0 Å². The molecule has 0 amide bonds. The van der Waals surface area contributed by atoms with Gasteiger partial charge in [0.05, 0.1) is 11.9 Å². The van der Waals surface area contributed by atoms with Crippen molar-refractivity contribution in [2.75, 3.05) is 13.1 Å². The van der Waals surface area contributed by atoms with E-state index < -0.39 is 23.8 Å². The zero-order valence-electron chi connectivity index (χ0n) is 17.8. The van der Waals surface area contributed by atoms with E-state index in [4.69, 9.17) is 5.11 Å². The Morgan fingerprint density at radius 2 is 1.78 bits per heavy atom. The van der Waals surface area contributed by atoms with Crippen LogP contribution in [-0.2, 0) is 22.6 Å². The fraction of sp³-hybridized carbons (Fsp3) is 0.360. The van der Waals surface area contributed by atoms with Gasteiger partial charge in [0.15, 0.2) is 0 Å². The van der Waals surface area contributed by atoms with Gasteiger partial charge in [0, 0.05) is 23.7 Å². The fourth-order valence-corrected chi connectivity index (χ4v) is 4.76. The van der Waals surface area contributed by atoms with E-state index in [9.17, 15) is 19.1 Å². The Hall–Kier alpha value is -3.19. The second-order valence-electron chi connectivity index (χ2n) is 8.49. The molecule has 1 fully saturated rings. The van der Waals surface area contributed by atoms with Gasteiger partial charge in [-0.05, 0) is 62.0 Å². The van der Waals surface area contributed by atoms with Crippen molar-refractivity contribution in [2.45, 2.75) is 38.3 Å². The van der Waals surface area contributed by atoms with Crippen molar-refractivity contribution in [3.8, 4) is 0 Å². The Labute approximate surface area is 185 Å². The SMILES string of the molecule is O=C(O)CCn1cc([C@H](C(=O)O)N2CCC(Cc3ccccc3)CC2)c2ccc(F)cc21. The highest BCUT2D eigenvalue weighted by atomic mass is 19.1. The molecule has 0 unspecified atom stereocenters. The van der Waals surface area contributed by atoms with Crippen LogP contribution in [0.4, 0.5) is 4.39 Å². The van der Waals surface area contributed by atoms with Gasteiger partial charge in [0.1, 0.15) is 11.9 Å². The summed E-state index contributed by atoms with van der Waals surface area (Å²) in [5.74, 6) is -1.84. The molecule has 2 heterocycles. The Morgan fingerprint density at radius 3 is 2.44 bits per heavy atom. The van der Waals surface area contributed by atoms with E-state index >= 15 is 0 Å². The predicted octanol–water partition coefficient (Wildman–Crippen LogP) is 4.34. The van der Waals surface area contributed by atoms with Crippen LogP contribution < -0.4 is 0 Å². The van der Waals surface area contributed by atoms with Crippen molar-refractivity contribution < 1.29 is 24.2 Å². The number of aromatic nitrogens is 1. The molecule has 6 nitrogen and oxygen atoms in total. The number of halogens is 1. The summed E-state index contributed by atoms with van der Waals surface area (Å²) in [6.07, 6.45) is 4.36. The maximum absolute atomic E-state index is 13.9. The highest BCUT2D eigenvalue weighted by Crippen LogP contribution is 2.34. The third-order valence-corrected chi connectivity index (χ3v) is 6.35. The van der Waals surface area contributed by atoms with E-state index in [0.29, 0.717) is 35.5 Å². The molecule has 1 aliphatic rings. The molecular weight excluding hydrogens is 411 g/mol. The summed E-state index contributed by atoms with van der Waals surface area (Å²) < 4.78 is 15.6. The first kappa shape index (κ1) is 22.0. The van der Waals surface area contributed by atoms with E-state index in [0.717, 1.165) is 19.3 Å². The number of carbonyl (C=O) groups is 2. The average Bonchev–Trinajstić information content (AvgIpc) is 3.11. The molecule has 2 aromatic carbocycles. The van der Waals surface area contributed by atoms with Gasteiger partial charge >= 0.3 is 11.9 Å². The van der Waals surface area contributed by atoms with Gasteiger partial charge < -0.3 is 14.8 Å². The standard InChI is InChI=1S/C25H27FN2O4/c26-19-6-7-20-21(16-28(22(20)15-19)13-10-23(29)30)24(25(31)32)27-11-8-18(9-12-27)14-17-4-2-1-3-5-17/h1-7,15-16,18,24H,8-14H2,(H,29,30)(H,31,32)/t24-/m1/s1. The molecule has 4 rings (SSSR count). The number of hydrogen-bond acceptors (Lipinski definition) is 3. The summed E-state index contributed by atoms with van der Waals surface area (Å²) in [6.45, 7) is 1.48. The molecule has 2 N–H and O–H groups in total. The second kappa shape index (κ2) is 9.53. The number of hydrogen-bond donors (Lipinski definition) is 2. The zero-order valence-corrected chi connectivity index (χ0v) is 17.8. The number of aliphatic carboxylic acids is 2. The normalized spacial score (nSPS) is 16.3. The van der Waals surface area contributed by atoms with E-state index in [1.165, 1.54) is 17.7 Å². The Kier molecular flexibility index (Phi) is 6.55. The molecule has 3 aromatic rings. The molecule has 168 valence electrons. The number of piperidine rings is 1. The smallest absolute Gasteiger partial charge is 0.325 e. The lowest BCUT2D eigenvalue weighted by atomic mass is 9.89. The molecule has 0 bridgehead atoms. The van der Waals surface area contributed by atoms with Crippen LogP contribution in [0.1, 0.15) is 36.4 Å². The highest BCUT2D eigenvalue weighted by Gasteiger charge is 2.33. The Balaban J connectivity index is 1.56. The topological polar surface area (TPSA) is 82.8 Å². The summed E-state index contributed by atoms with van der Waals surface area (Å²) in [4.78, 5) is 25.4. The van der Waals surface area contributed by atoms with Gasteiger partial charge in [-0.25, -0.2) is 4.39 Å². The molecule has 1 aliphatic heterocycles. The van der Waals surface area contributed by atoms with Gasteiger partial charge in [-0.3, -0.25) is 14.5 Å². The van der Waals surface area contributed by atoms with Crippen LogP contribution in [0, 0.1) is 11.7 Å². The summed E-state index contributed by atoms with van der Waals surface area (Å²) in [5, 5.41) is 19.8. The molecule has 0 saturated carbocycles. The monoisotopic (exact) mass is 438 g/mol. The Morgan fingerprint density at radius 1 is 1.06 bits per heavy atom. The molecule has 1 atom stereocenters. The maximum Gasteiger partial charge on any atom is 0.325 e. The average molecular weight is 438 g/mol. The molecule has 0 spiro atoms. The third-order valence-electron chi connectivity index (χ3n) is 6.35. The van der Waals surface area contributed by atoms with Gasteiger partial charge in [-0.1, -0.05) is 30.3 Å². The van der Waals surface area contributed by atoms with Crippen molar-refractivity contribution in [1.29, 1.82) is 0 Å². The molecule has 1 saturated heterocycles. The summed E-state index contributed by atoms with van der Waals surface area (Å²) in [6, 6.07) is 13.7. The number of likely N-dealkylation sites (tertiary alicyclic amines) is 1. The second-order valence-corrected chi connectivity index (χ2v) is 8.49. The van der Waals surface area contributed by atoms with Crippen LogP contribution in [0.15, 0.2) is 54.7 Å². The number of fused-ring (bicyclic) bond motifs is 1. The minimum Gasteiger partial charge on any atom is -0.481 e. The lowest BCUT2D eigenvalue weighted by Gasteiger charge is -2.35. The number of rotatable bonds is 8. The molecule has 32 heavy (non-hydrogen) atoms. The molecular formula is C25H27FN2O4. The van der Waals surface area contributed by atoms with Crippen molar-refractivity contribution in [1.82, 2.24) is 9.47 Å². The first-order chi connectivity index (χ1) is 15.4. The number of benzene rings is 2. The highest BCUT2D eigenvalue weighted by molar-refractivity contribution is 5.90. The summed E-state index contributed by atoms with van der Waals surface area (Å²) >= 11 is 0. The van der Waals surface area contributed by atoms with E-state index in [1.807, 2.05) is 23.1 Å². The third kappa shape index (κ3) is 4.83. The van der Waals surface area contributed by atoms with Crippen molar-refractivity contribution in [2.24, 2.45) is 5.92 Å². The minimum absolute atomic E-state index is 0.123. The van der Waals surface area contributed by atoms with Crippen molar-refractivity contribution in [3.05, 3.63) is 71.7 Å². The van der Waals surface area contributed by atoms with Crippen LogP contribution in [0.3, 0.4) is 0 Å². The van der Waals surface area contributed by atoms with Crippen LogP contribution in [0.25, 0.3) is 10.9 Å². The van der Waals surface area contributed by atoms with E-state index in [-0.39, 0.29) is 13.0 Å². The molecule has 0 aliphatic carbocycles. The van der Waals surface area contributed by atoms with E-state index in [1.54, 1.807) is 16.8 Å². The number of nitrogens with zero attached hydrogens (tertiary/aromatic N) is 2. The van der Waals surface area contributed by atoms with Crippen molar-refractivity contribution >= 4 is 22.8 Å². The van der Waals surface area contributed by atoms with Gasteiger partial charge in [-0.2, -0.15) is 0 Å². The summed E-state index contributed by atoms with van der Waals surface area (Å²) in [5.41, 5.74) is 2.40. The van der Waals surface area contributed by atoms with Crippen LogP contribution in [0.5, 0.6) is 0 Å². The first-order valence-electron chi connectivity index (χ1n) is 10.9. The largest absolute Gasteiger partial charge is 0.481 e. The maximum atomic E-state index is 13.9. The summed E-state index contributed by atoms with van der Waals surface area (Å²) in [7, 11) is 0. The lowest BCUT2D eigenvalue weighted by Crippen LogP contribution is -2.40. The number of carboxylic acids is 2. The minimum atomic E-state index is -0.958. The fourth-order valence-electron chi connectivity index (χ4n) is 4.76. The number of aryl methyl sites for hydroxylation is 1. The molecule has 1 aromatic heterocycles. The van der Waals surface area contributed by atoms with E-state index in [2.05, 4.69) is 12.1 Å². The number of carboxylic acid groups (broad SMARTS) is 2. The molecule has 7 heteroatoms.